The quantitative estimate of drug-likeness (QED) is 0.887. The van der Waals surface area contributed by atoms with E-state index in [1.165, 1.54) is 5.56 Å². The van der Waals surface area contributed by atoms with Gasteiger partial charge in [-0.05, 0) is 25.5 Å². The van der Waals surface area contributed by atoms with Crippen LogP contribution in [0.3, 0.4) is 0 Å². The normalized spacial score (nSPS) is 22.6. The van der Waals surface area contributed by atoms with Gasteiger partial charge >= 0.3 is 0 Å². The van der Waals surface area contributed by atoms with Crippen molar-refractivity contribution in [2.75, 3.05) is 26.7 Å². The Hall–Kier alpha value is -1.39. The summed E-state index contributed by atoms with van der Waals surface area (Å²) in [5.41, 5.74) is 6.92. The zero-order chi connectivity index (χ0) is 13.8. The summed E-state index contributed by atoms with van der Waals surface area (Å²) < 4.78 is 0. The summed E-state index contributed by atoms with van der Waals surface area (Å²) in [4.78, 5) is 16.4. The summed E-state index contributed by atoms with van der Waals surface area (Å²) in [7, 11) is 1.87. The molecule has 4 nitrogen and oxygen atoms in total. The fourth-order valence-electron chi connectivity index (χ4n) is 2.76. The van der Waals surface area contributed by atoms with E-state index in [0.29, 0.717) is 6.54 Å². The first-order valence-corrected chi connectivity index (χ1v) is 6.91. The van der Waals surface area contributed by atoms with Crippen molar-refractivity contribution in [2.45, 2.75) is 25.4 Å². The SMILES string of the molecule is CC(c1ccccc1)N1CCN(C)C(=O)C1CCN. The van der Waals surface area contributed by atoms with Crippen LogP contribution in [0.5, 0.6) is 0 Å². The Bertz CT molecular complexity index is 421. The molecule has 1 aliphatic heterocycles. The summed E-state index contributed by atoms with van der Waals surface area (Å²) in [6, 6.07) is 10.5. The molecule has 1 aromatic carbocycles. The third kappa shape index (κ3) is 2.96. The maximum atomic E-state index is 12.3. The molecule has 1 amide bonds. The highest BCUT2D eigenvalue weighted by molar-refractivity contribution is 5.82. The Morgan fingerprint density at radius 1 is 1.32 bits per heavy atom. The summed E-state index contributed by atoms with van der Waals surface area (Å²) in [5.74, 6) is 0.194. The molecule has 19 heavy (non-hydrogen) atoms. The minimum absolute atomic E-state index is 0.0843. The zero-order valence-corrected chi connectivity index (χ0v) is 11.7. The van der Waals surface area contributed by atoms with Crippen LogP contribution in [0.25, 0.3) is 0 Å². The van der Waals surface area contributed by atoms with E-state index in [9.17, 15) is 4.79 Å². The van der Waals surface area contributed by atoms with Crippen LogP contribution in [-0.4, -0.2) is 48.4 Å². The molecule has 2 rings (SSSR count). The molecule has 0 saturated carbocycles. The molecule has 1 heterocycles. The van der Waals surface area contributed by atoms with E-state index in [4.69, 9.17) is 5.73 Å². The lowest BCUT2D eigenvalue weighted by Gasteiger charge is -2.42. The van der Waals surface area contributed by atoms with Crippen molar-refractivity contribution >= 4 is 5.91 Å². The average Bonchev–Trinajstić information content (AvgIpc) is 2.44. The van der Waals surface area contributed by atoms with E-state index in [1.807, 2.05) is 30.1 Å². The highest BCUT2D eigenvalue weighted by Crippen LogP contribution is 2.26. The van der Waals surface area contributed by atoms with E-state index < -0.39 is 0 Å². The van der Waals surface area contributed by atoms with Gasteiger partial charge in [-0.15, -0.1) is 0 Å². The van der Waals surface area contributed by atoms with Crippen LogP contribution in [0.4, 0.5) is 0 Å². The van der Waals surface area contributed by atoms with Crippen LogP contribution < -0.4 is 5.73 Å². The third-order valence-corrected chi connectivity index (χ3v) is 3.97. The zero-order valence-electron chi connectivity index (χ0n) is 11.7. The number of nitrogens with two attached hydrogens (primary N) is 1. The second-order valence-electron chi connectivity index (χ2n) is 5.18. The van der Waals surface area contributed by atoms with Crippen molar-refractivity contribution in [1.82, 2.24) is 9.80 Å². The topological polar surface area (TPSA) is 49.6 Å². The monoisotopic (exact) mass is 261 g/mol. The number of likely N-dealkylation sites (N-methyl/N-ethyl adjacent to an activating group) is 1. The Balaban J connectivity index is 2.19. The van der Waals surface area contributed by atoms with Crippen molar-refractivity contribution in [2.24, 2.45) is 5.73 Å². The number of hydrogen-bond acceptors (Lipinski definition) is 3. The molecular formula is C15H23N3O. The minimum atomic E-state index is -0.0843. The molecule has 4 heteroatoms. The summed E-state index contributed by atoms with van der Waals surface area (Å²) in [6.45, 7) is 4.40. The molecular weight excluding hydrogens is 238 g/mol. The lowest BCUT2D eigenvalue weighted by atomic mass is 10.0. The number of benzene rings is 1. The molecule has 0 radical (unpaired) electrons. The maximum Gasteiger partial charge on any atom is 0.239 e. The first-order valence-electron chi connectivity index (χ1n) is 6.91. The van der Waals surface area contributed by atoms with Crippen LogP contribution in [0.1, 0.15) is 24.9 Å². The van der Waals surface area contributed by atoms with Gasteiger partial charge < -0.3 is 10.6 Å². The molecule has 1 fully saturated rings. The fraction of sp³-hybridized carbons (Fsp3) is 0.533. The average molecular weight is 261 g/mol. The lowest BCUT2D eigenvalue weighted by molar-refractivity contribution is -0.141. The van der Waals surface area contributed by atoms with Crippen LogP contribution in [0, 0.1) is 0 Å². The van der Waals surface area contributed by atoms with Gasteiger partial charge in [0.15, 0.2) is 0 Å². The molecule has 2 atom stereocenters. The van der Waals surface area contributed by atoms with Gasteiger partial charge in [0.25, 0.3) is 0 Å². The predicted octanol–water partition coefficient (Wildman–Crippen LogP) is 1.24. The Morgan fingerprint density at radius 2 is 2.00 bits per heavy atom. The molecule has 2 unspecified atom stereocenters. The Morgan fingerprint density at radius 3 is 2.63 bits per heavy atom. The summed E-state index contributed by atoms with van der Waals surface area (Å²) in [5, 5.41) is 0. The van der Waals surface area contributed by atoms with Crippen LogP contribution in [0.15, 0.2) is 30.3 Å². The lowest BCUT2D eigenvalue weighted by Crippen LogP contribution is -2.56. The van der Waals surface area contributed by atoms with E-state index in [2.05, 4.69) is 24.0 Å². The molecule has 1 aromatic rings. The van der Waals surface area contributed by atoms with Crippen LogP contribution >= 0.6 is 0 Å². The number of hydrogen-bond donors (Lipinski definition) is 1. The van der Waals surface area contributed by atoms with Crippen molar-refractivity contribution < 1.29 is 4.79 Å². The van der Waals surface area contributed by atoms with Gasteiger partial charge in [0.05, 0.1) is 6.04 Å². The maximum absolute atomic E-state index is 12.3. The highest BCUT2D eigenvalue weighted by Gasteiger charge is 2.35. The number of piperazine rings is 1. The molecule has 1 saturated heterocycles. The number of carbonyl (C=O) groups is 1. The van der Waals surface area contributed by atoms with Crippen LogP contribution in [-0.2, 0) is 4.79 Å². The van der Waals surface area contributed by atoms with E-state index in [1.54, 1.807) is 0 Å². The first kappa shape index (κ1) is 14.0. The number of nitrogens with zero attached hydrogens (tertiary/aromatic N) is 2. The van der Waals surface area contributed by atoms with Crippen molar-refractivity contribution in [1.29, 1.82) is 0 Å². The molecule has 2 N–H and O–H groups in total. The molecule has 0 aliphatic carbocycles. The predicted molar refractivity (Wildman–Crippen MR) is 76.7 cm³/mol. The molecule has 0 spiro atoms. The van der Waals surface area contributed by atoms with E-state index in [-0.39, 0.29) is 18.0 Å². The third-order valence-electron chi connectivity index (χ3n) is 3.97. The minimum Gasteiger partial charge on any atom is -0.343 e. The van der Waals surface area contributed by atoms with E-state index in [0.717, 1.165) is 19.5 Å². The highest BCUT2D eigenvalue weighted by atomic mass is 16.2. The fourth-order valence-corrected chi connectivity index (χ4v) is 2.76. The van der Waals surface area contributed by atoms with Gasteiger partial charge in [0.1, 0.15) is 0 Å². The molecule has 0 bridgehead atoms. The summed E-state index contributed by atoms with van der Waals surface area (Å²) in [6.07, 6.45) is 0.723. The Labute approximate surface area is 115 Å². The Kier molecular flexibility index (Phi) is 4.56. The van der Waals surface area contributed by atoms with Gasteiger partial charge in [-0.3, -0.25) is 9.69 Å². The van der Waals surface area contributed by atoms with E-state index >= 15 is 0 Å². The van der Waals surface area contributed by atoms with Crippen molar-refractivity contribution in [3.8, 4) is 0 Å². The largest absolute Gasteiger partial charge is 0.343 e. The van der Waals surface area contributed by atoms with Crippen molar-refractivity contribution in [3.05, 3.63) is 35.9 Å². The number of amides is 1. The second kappa shape index (κ2) is 6.17. The van der Waals surface area contributed by atoms with Crippen LogP contribution in [0.2, 0.25) is 0 Å². The first-order chi connectivity index (χ1) is 9.15. The van der Waals surface area contributed by atoms with Gasteiger partial charge in [0.2, 0.25) is 5.91 Å². The van der Waals surface area contributed by atoms with Gasteiger partial charge in [0, 0.05) is 26.2 Å². The van der Waals surface area contributed by atoms with Gasteiger partial charge in [-0.2, -0.15) is 0 Å². The smallest absolute Gasteiger partial charge is 0.239 e. The van der Waals surface area contributed by atoms with Gasteiger partial charge in [-0.25, -0.2) is 0 Å². The second-order valence-corrected chi connectivity index (χ2v) is 5.18. The van der Waals surface area contributed by atoms with Crippen molar-refractivity contribution in [3.63, 3.8) is 0 Å². The summed E-state index contributed by atoms with van der Waals surface area (Å²) >= 11 is 0. The number of rotatable bonds is 4. The van der Waals surface area contributed by atoms with Gasteiger partial charge in [-0.1, -0.05) is 30.3 Å². The molecule has 0 aromatic heterocycles. The number of carbonyl (C=O) groups excluding carboxylic acids is 1. The molecule has 1 aliphatic rings. The molecule has 104 valence electrons. The standard InChI is InChI=1S/C15H23N3O/c1-12(13-6-4-3-5-7-13)18-11-10-17(2)15(19)14(18)8-9-16/h3-7,12,14H,8-11,16H2,1-2H3.